The zero-order chi connectivity index (χ0) is 29.5. The van der Waals surface area contributed by atoms with E-state index in [0.29, 0.717) is 31.7 Å². The number of hydrogen-bond donors (Lipinski definition) is 1. The second-order valence-corrected chi connectivity index (χ2v) is 11.3. The standard InChI is InChI=1S/C34H39F3N2O3.2ClH/c1-2-41-33(40)31-19-18-28-29(7-5-8-30(28)39-31)38-21-20-26-6-3-4-9-32(26)42-22-23-10-12-24(13-11-23)25-14-16-27(17-15-25)34(35,36)37;;/h3-4,6,9-13,18-19,25,27,29,38H,2,5,7-8,14-17,20-22H2,1H3;2*1H. The van der Waals surface area contributed by atoms with Crippen molar-refractivity contribution >= 4 is 30.8 Å². The highest BCUT2D eigenvalue weighted by Crippen LogP contribution is 2.43. The number of esters is 1. The molecule has 1 saturated carbocycles. The van der Waals surface area contributed by atoms with E-state index in [1.807, 2.05) is 48.5 Å². The van der Waals surface area contributed by atoms with E-state index in [2.05, 4.69) is 16.4 Å². The van der Waals surface area contributed by atoms with Crippen LogP contribution in [0.4, 0.5) is 13.2 Å². The molecule has 3 aromatic rings. The summed E-state index contributed by atoms with van der Waals surface area (Å²) in [5.74, 6) is -0.496. The van der Waals surface area contributed by atoms with Crippen molar-refractivity contribution in [2.45, 2.75) is 83.0 Å². The maximum absolute atomic E-state index is 13.0. The van der Waals surface area contributed by atoms with Crippen LogP contribution in [0.25, 0.3) is 0 Å². The smallest absolute Gasteiger partial charge is 0.391 e. The number of rotatable bonds is 10. The lowest BCUT2D eigenvalue weighted by Gasteiger charge is -2.30. The number of carbonyl (C=O) groups excluding carboxylic acids is 1. The first-order valence-electron chi connectivity index (χ1n) is 15.1. The fourth-order valence-corrected chi connectivity index (χ4v) is 6.22. The minimum Gasteiger partial charge on any atom is -0.489 e. The second-order valence-electron chi connectivity index (χ2n) is 11.3. The fourth-order valence-electron chi connectivity index (χ4n) is 6.22. The van der Waals surface area contributed by atoms with Gasteiger partial charge in [0.2, 0.25) is 0 Å². The largest absolute Gasteiger partial charge is 0.489 e. The van der Waals surface area contributed by atoms with Gasteiger partial charge in [0.25, 0.3) is 0 Å². The van der Waals surface area contributed by atoms with Crippen LogP contribution in [-0.4, -0.2) is 30.3 Å². The van der Waals surface area contributed by atoms with Crippen LogP contribution in [-0.2, 0) is 24.2 Å². The maximum atomic E-state index is 13.0. The topological polar surface area (TPSA) is 60.5 Å². The van der Waals surface area contributed by atoms with E-state index >= 15 is 0 Å². The molecule has 0 amide bonds. The molecule has 1 fully saturated rings. The number of pyridine rings is 1. The van der Waals surface area contributed by atoms with Crippen LogP contribution in [0.3, 0.4) is 0 Å². The van der Waals surface area contributed by atoms with Crippen molar-refractivity contribution in [1.82, 2.24) is 10.3 Å². The summed E-state index contributed by atoms with van der Waals surface area (Å²) in [7, 11) is 0. The zero-order valence-electron chi connectivity index (χ0n) is 24.9. The number of hydrogen-bond acceptors (Lipinski definition) is 5. The third-order valence-corrected chi connectivity index (χ3v) is 8.57. The Morgan fingerprint density at radius 1 is 0.955 bits per heavy atom. The van der Waals surface area contributed by atoms with Gasteiger partial charge in [-0.2, -0.15) is 13.2 Å². The molecule has 1 N–H and O–H groups in total. The number of nitrogens with zero attached hydrogens (tertiary/aromatic N) is 1. The van der Waals surface area contributed by atoms with Crippen molar-refractivity contribution in [3.63, 3.8) is 0 Å². The first-order valence-corrected chi connectivity index (χ1v) is 15.1. The average Bonchev–Trinajstić information content (AvgIpc) is 3.00. The number of fused-ring (bicyclic) bond motifs is 1. The number of halogens is 5. The van der Waals surface area contributed by atoms with E-state index in [-0.39, 0.29) is 55.6 Å². The summed E-state index contributed by atoms with van der Waals surface area (Å²) < 4.78 is 50.3. The third kappa shape index (κ3) is 9.11. The minimum absolute atomic E-state index is 0. The highest BCUT2D eigenvalue weighted by Gasteiger charge is 2.41. The Morgan fingerprint density at radius 3 is 2.39 bits per heavy atom. The van der Waals surface area contributed by atoms with Gasteiger partial charge in [-0.15, -0.1) is 24.8 Å². The molecule has 44 heavy (non-hydrogen) atoms. The van der Waals surface area contributed by atoms with Gasteiger partial charge in [0.15, 0.2) is 0 Å². The molecular weight excluding hydrogens is 612 g/mol. The summed E-state index contributed by atoms with van der Waals surface area (Å²) in [6.45, 7) is 3.32. The van der Waals surface area contributed by atoms with Crippen molar-refractivity contribution in [2.75, 3.05) is 13.2 Å². The normalized spacial score (nSPS) is 19.6. The molecule has 0 bridgehead atoms. The minimum atomic E-state index is -4.08. The summed E-state index contributed by atoms with van der Waals surface area (Å²) in [5.41, 5.74) is 5.75. The second kappa shape index (κ2) is 16.5. The van der Waals surface area contributed by atoms with Crippen LogP contribution in [0.1, 0.15) is 95.8 Å². The monoisotopic (exact) mass is 652 g/mol. The lowest BCUT2D eigenvalue weighted by atomic mass is 9.78. The quantitative estimate of drug-likeness (QED) is 0.222. The first-order chi connectivity index (χ1) is 20.3. The van der Waals surface area contributed by atoms with Gasteiger partial charge in [0.1, 0.15) is 18.1 Å². The predicted octanol–water partition coefficient (Wildman–Crippen LogP) is 8.73. The van der Waals surface area contributed by atoms with Gasteiger partial charge in [0, 0.05) is 11.7 Å². The summed E-state index contributed by atoms with van der Waals surface area (Å²) in [5, 5.41) is 3.68. The van der Waals surface area contributed by atoms with Gasteiger partial charge in [-0.25, -0.2) is 9.78 Å². The van der Waals surface area contributed by atoms with Crippen LogP contribution < -0.4 is 10.1 Å². The van der Waals surface area contributed by atoms with Crippen molar-refractivity contribution < 1.29 is 27.4 Å². The molecule has 5 rings (SSSR count). The molecule has 1 heterocycles. The predicted molar refractivity (Wildman–Crippen MR) is 170 cm³/mol. The van der Waals surface area contributed by atoms with Crippen molar-refractivity contribution in [2.24, 2.45) is 5.92 Å². The molecular formula is C34H41Cl2F3N2O3. The highest BCUT2D eigenvalue weighted by atomic mass is 35.5. The van der Waals surface area contributed by atoms with Crippen LogP contribution in [0, 0.1) is 5.92 Å². The van der Waals surface area contributed by atoms with Crippen LogP contribution in [0.5, 0.6) is 5.75 Å². The van der Waals surface area contributed by atoms with Crippen molar-refractivity contribution in [1.29, 1.82) is 0 Å². The van der Waals surface area contributed by atoms with Crippen LogP contribution in [0.2, 0.25) is 0 Å². The molecule has 240 valence electrons. The summed E-state index contributed by atoms with van der Waals surface area (Å²) in [6, 6.07) is 20.1. The number of para-hydroxylation sites is 1. The molecule has 5 nitrogen and oxygen atoms in total. The van der Waals surface area contributed by atoms with Gasteiger partial charge in [0.05, 0.1) is 12.5 Å². The first kappa shape index (κ1) is 35.7. The molecule has 0 aliphatic heterocycles. The van der Waals surface area contributed by atoms with Gasteiger partial charge in [-0.05, 0) is 105 Å². The van der Waals surface area contributed by atoms with Crippen LogP contribution in [0.15, 0.2) is 60.7 Å². The summed E-state index contributed by atoms with van der Waals surface area (Å²) >= 11 is 0. The number of ether oxygens (including phenoxy) is 2. The molecule has 2 aromatic carbocycles. The maximum Gasteiger partial charge on any atom is 0.391 e. The third-order valence-electron chi connectivity index (χ3n) is 8.57. The zero-order valence-corrected chi connectivity index (χ0v) is 26.5. The summed E-state index contributed by atoms with van der Waals surface area (Å²) in [6.07, 6.45) is 1.21. The number of benzene rings is 2. The SMILES string of the molecule is CCOC(=O)c1ccc2c(n1)CCCC2NCCc1ccccc1OCc1ccc(C2CCC(C(F)(F)F)CC2)cc1.Cl.Cl. The van der Waals surface area contributed by atoms with E-state index in [0.717, 1.165) is 65.9 Å². The van der Waals surface area contributed by atoms with Crippen molar-refractivity contribution in [3.05, 3.63) is 94.3 Å². The highest BCUT2D eigenvalue weighted by molar-refractivity contribution is 5.87. The molecule has 1 atom stereocenters. The Kier molecular flexibility index (Phi) is 13.4. The lowest BCUT2D eigenvalue weighted by Crippen LogP contribution is -2.28. The van der Waals surface area contributed by atoms with Crippen LogP contribution >= 0.6 is 24.8 Å². The Hall–Kier alpha value is -2.81. The molecule has 2 aliphatic rings. The molecule has 0 spiro atoms. The number of carbonyl (C=O) groups is 1. The molecule has 10 heteroatoms. The number of nitrogens with one attached hydrogen (secondary N) is 1. The fraction of sp³-hybridized carbons (Fsp3) is 0.471. The van der Waals surface area contributed by atoms with E-state index in [1.165, 1.54) is 0 Å². The molecule has 0 saturated heterocycles. The van der Waals surface area contributed by atoms with E-state index < -0.39 is 12.1 Å². The Labute approximate surface area is 270 Å². The number of alkyl halides is 3. The van der Waals surface area contributed by atoms with Crippen molar-refractivity contribution in [3.8, 4) is 5.75 Å². The van der Waals surface area contributed by atoms with E-state index in [9.17, 15) is 18.0 Å². The van der Waals surface area contributed by atoms with Gasteiger partial charge >= 0.3 is 12.1 Å². The lowest BCUT2D eigenvalue weighted by molar-refractivity contribution is -0.182. The Morgan fingerprint density at radius 2 is 1.68 bits per heavy atom. The van der Waals surface area contributed by atoms with E-state index in [1.54, 1.807) is 13.0 Å². The molecule has 2 aliphatic carbocycles. The molecule has 1 unspecified atom stereocenters. The summed E-state index contributed by atoms with van der Waals surface area (Å²) in [4.78, 5) is 16.7. The average molecular weight is 654 g/mol. The molecule has 1 aromatic heterocycles. The number of aromatic nitrogens is 1. The number of aryl methyl sites for hydroxylation is 1. The van der Waals surface area contributed by atoms with Gasteiger partial charge in [-0.3, -0.25) is 0 Å². The van der Waals surface area contributed by atoms with E-state index in [4.69, 9.17) is 9.47 Å². The molecule has 0 radical (unpaired) electrons. The Balaban J connectivity index is 0.00000264. The Bertz CT molecular complexity index is 1350. The van der Waals surface area contributed by atoms with Gasteiger partial charge < -0.3 is 14.8 Å². The van der Waals surface area contributed by atoms with Gasteiger partial charge in [-0.1, -0.05) is 48.5 Å².